The number of ether oxygens (including phenoxy) is 1. The Balaban J connectivity index is 1.58. The first-order valence-corrected chi connectivity index (χ1v) is 12.2. The van der Waals surface area contributed by atoms with Gasteiger partial charge in [0.15, 0.2) is 0 Å². The van der Waals surface area contributed by atoms with Gasteiger partial charge in [-0.3, -0.25) is 14.9 Å². The van der Waals surface area contributed by atoms with Crippen molar-refractivity contribution in [3.8, 4) is 23.3 Å². The fourth-order valence-electron chi connectivity index (χ4n) is 4.27. The Morgan fingerprint density at radius 1 is 1.05 bits per heavy atom. The van der Waals surface area contributed by atoms with Gasteiger partial charge in [0.1, 0.15) is 17.4 Å². The van der Waals surface area contributed by atoms with Gasteiger partial charge in [-0.05, 0) is 92.6 Å². The molecule has 0 spiro atoms. The van der Waals surface area contributed by atoms with Gasteiger partial charge in [0, 0.05) is 28.8 Å². The first kappa shape index (κ1) is 28.6. The Morgan fingerprint density at radius 2 is 1.76 bits per heavy atom. The molecule has 208 valence electrons. The molecule has 1 N–H and O–H groups in total. The summed E-state index contributed by atoms with van der Waals surface area (Å²) in [5, 5.41) is 23.7. The molecule has 0 bridgehead atoms. The van der Waals surface area contributed by atoms with E-state index in [0.29, 0.717) is 23.0 Å². The summed E-state index contributed by atoms with van der Waals surface area (Å²) in [6.45, 7) is 5.56. The number of aromatic nitrogens is 1. The molecule has 0 radical (unpaired) electrons. The Bertz CT molecular complexity index is 1720. The van der Waals surface area contributed by atoms with Gasteiger partial charge >= 0.3 is 11.9 Å². The standard InChI is InChI=1S/C30H23F3N4O4/c1-18-5-4-6-24(13-18)35-29(38)22(17-34)15-21-14-19(2)36(20(21)3)25-8-10-26(11-9-25)41-28-12-7-23(30(31,32)33)16-27(28)37(39)40/h4-16H,1-3H3,(H,35,38)/b22-15+. The molecule has 0 saturated carbocycles. The average molecular weight is 561 g/mol. The van der Waals surface area contributed by atoms with Gasteiger partial charge in [0.25, 0.3) is 5.91 Å². The summed E-state index contributed by atoms with van der Waals surface area (Å²) in [5.74, 6) is -0.690. The highest BCUT2D eigenvalue weighted by atomic mass is 19.4. The third kappa shape index (κ3) is 6.45. The van der Waals surface area contributed by atoms with Crippen LogP contribution in [0, 0.1) is 42.2 Å². The van der Waals surface area contributed by atoms with Crippen LogP contribution in [0.5, 0.6) is 11.5 Å². The molecule has 0 fully saturated rings. The molecule has 4 rings (SSSR count). The minimum absolute atomic E-state index is 0.0753. The van der Waals surface area contributed by atoms with E-state index in [9.17, 15) is 33.3 Å². The number of carbonyl (C=O) groups is 1. The minimum Gasteiger partial charge on any atom is -0.450 e. The minimum atomic E-state index is -4.73. The number of aryl methyl sites for hydroxylation is 2. The van der Waals surface area contributed by atoms with Gasteiger partial charge in [-0.25, -0.2) is 0 Å². The summed E-state index contributed by atoms with van der Waals surface area (Å²) in [6, 6.07) is 19.5. The van der Waals surface area contributed by atoms with Crippen molar-refractivity contribution in [2.24, 2.45) is 0 Å². The fraction of sp³-hybridized carbons (Fsp3) is 0.133. The van der Waals surface area contributed by atoms with Gasteiger partial charge in [0.05, 0.1) is 10.5 Å². The van der Waals surface area contributed by atoms with Gasteiger partial charge in [-0.2, -0.15) is 18.4 Å². The molecule has 8 nitrogen and oxygen atoms in total. The second kappa shape index (κ2) is 11.4. The lowest BCUT2D eigenvalue weighted by atomic mass is 10.1. The van der Waals surface area contributed by atoms with Gasteiger partial charge in [-0.15, -0.1) is 0 Å². The number of halogens is 3. The third-order valence-corrected chi connectivity index (χ3v) is 6.22. The third-order valence-electron chi connectivity index (χ3n) is 6.22. The van der Waals surface area contributed by atoms with Crippen LogP contribution in [-0.2, 0) is 11.0 Å². The number of nitro benzene ring substituents is 1. The molecule has 0 unspecified atom stereocenters. The maximum absolute atomic E-state index is 13.0. The largest absolute Gasteiger partial charge is 0.450 e. The molecule has 1 heterocycles. The molecule has 0 saturated heterocycles. The van der Waals surface area contributed by atoms with Crippen LogP contribution in [0.4, 0.5) is 24.5 Å². The highest BCUT2D eigenvalue weighted by Crippen LogP contribution is 2.38. The zero-order chi connectivity index (χ0) is 29.9. The number of nitro groups is 1. The van der Waals surface area contributed by atoms with E-state index in [1.807, 2.05) is 43.5 Å². The first-order chi connectivity index (χ1) is 19.4. The predicted molar refractivity (Wildman–Crippen MR) is 147 cm³/mol. The Labute approximate surface area is 233 Å². The van der Waals surface area contributed by atoms with Crippen molar-refractivity contribution in [2.75, 3.05) is 5.32 Å². The molecule has 0 aliphatic heterocycles. The van der Waals surface area contributed by atoms with E-state index in [1.54, 1.807) is 30.3 Å². The van der Waals surface area contributed by atoms with Crippen molar-refractivity contribution in [3.05, 3.63) is 117 Å². The second-order valence-corrected chi connectivity index (χ2v) is 9.19. The van der Waals surface area contributed by atoms with Crippen molar-refractivity contribution in [3.63, 3.8) is 0 Å². The van der Waals surface area contributed by atoms with Crippen molar-refractivity contribution in [1.29, 1.82) is 5.26 Å². The van der Waals surface area contributed by atoms with Crippen LogP contribution in [0.2, 0.25) is 0 Å². The van der Waals surface area contributed by atoms with E-state index in [-0.39, 0.29) is 17.1 Å². The number of nitriles is 1. The maximum Gasteiger partial charge on any atom is 0.416 e. The zero-order valence-electron chi connectivity index (χ0n) is 22.1. The van der Waals surface area contributed by atoms with E-state index >= 15 is 0 Å². The number of benzene rings is 3. The lowest BCUT2D eigenvalue weighted by Crippen LogP contribution is -2.13. The summed E-state index contributed by atoms with van der Waals surface area (Å²) in [7, 11) is 0. The highest BCUT2D eigenvalue weighted by molar-refractivity contribution is 6.09. The van der Waals surface area contributed by atoms with E-state index < -0.39 is 28.3 Å². The number of nitrogens with zero attached hydrogens (tertiary/aromatic N) is 3. The normalized spacial score (nSPS) is 11.6. The number of carbonyl (C=O) groups excluding carboxylic acids is 1. The van der Waals surface area contributed by atoms with Crippen LogP contribution in [0.1, 0.15) is 28.1 Å². The number of rotatable bonds is 7. The summed E-state index contributed by atoms with van der Waals surface area (Å²) >= 11 is 0. The Kier molecular flexibility index (Phi) is 7.96. The molecule has 4 aromatic rings. The molecule has 1 amide bonds. The number of hydrogen-bond acceptors (Lipinski definition) is 5. The molecule has 0 aliphatic carbocycles. The van der Waals surface area contributed by atoms with Crippen LogP contribution in [0.3, 0.4) is 0 Å². The van der Waals surface area contributed by atoms with Crippen molar-refractivity contribution < 1.29 is 27.6 Å². The number of hydrogen-bond donors (Lipinski definition) is 1. The average Bonchev–Trinajstić information content (AvgIpc) is 3.19. The van der Waals surface area contributed by atoms with Crippen molar-refractivity contribution >= 4 is 23.4 Å². The van der Waals surface area contributed by atoms with Crippen molar-refractivity contribution in [2.45, 2.75) is 26.9 Å². The van der Waals surface area contributed by atoms with E-state index in [2.05, 4.69) is 5.32 Å². The SMILES string of the molecule is Cc1cccc(NC(=O)/C(C#N)=C/c2cc(C)n(-c3ccc(Oc4ccc(C(F)(F)F)cc4[N+](=O)[O-])cc3)c2C)c1. The van der Waals surface area contributed by atoms with E-state index in [4.69, 9.17) is 4.74 Å². The smallest absolute Gasteiger partial charge is 0.416 e. The molecule has 0 atom stereocenters. The quantitative estimate of drug-likeness (QED) is 0.108. The predicted octanol–water partition coefficient (Wildman–Crippen LogP) is 7.67. The zero-order valence-corrected chi connectivity index (χ0v) is 22.1. The first-order valence-electron chi connectivity index (χ1n) is 12.2. The monoisotopic (exact) mass is 560 g/mol. The molecule has 1 aromatic heterocycles. The van der Waals surface area contributed by atoms with Gasteiger partial charge < -0.3 is 14.6 Å². The number of nitrogens with one attached hydrogen (secondary N) is 1. The summed E-state index contributed by atoms with van der Waals surface area (Å²) < 4.78 is 46.4. The summed E-state index contributed by atoms with van der Waals surface area (Å²) in [5.41, 5.74) is 2.39. The fourth-order valence-corrected chi connectivity index (χ4v) is 4.27. The highest BCUT2D eigenvalue weighted by Gasteiger charge is 2.33. The lowest BCUT2D eigenvalue weighted by Gasteiger charge is -2.12. The van der Waals surface area contributed by atoms with E-state index in [1.165, 1.54) is 18.2 Å². The summed E-state index contributed by atoms with van der Waals surface area (Å²) in [6.07, 6.45) is -3.23. The number of anilines is 1. The van der Waals surface area contributed by atoms with Gasteiger partial charge in [0.2, 0.25) is 5.75 Å². The Morgan fingerprint density at radius 3 is 2.37 bits per heavy atom. The molecular formula is C30H23F3N4O4. The van der Waals surface area contributed by atoms with Crippen LogP contribution in [0.25, 0.3) is 11.8 Å². The Hall–Kier alpha value is -5.37. The lowest BCUT2D eigenvalue weighted by molar-refractivity contribution is -0.385. The molecule has 0 aliphatic rings. The van der Waals surface area contributed by atoms with Crippen molar-refractivity contribution in [1.82, 2.24) is 4.57 Å². The molecule has 3 aromatic carbocycles. The summed E-state index contributed by atoms with van der Waals surface area (Å²) in [4.78, 5) is 23.2. The number of amides is 1. The molecule has 11 heteroatoms. The molecule has 41 heavy (non-hydrogen) atoms. The van der Waals surface area contributed by atoms with E-state index in [0.717, 1.165) is 29.1 Å². The van der Waals surface area contributed by atoms with Crippen LogP contribution in [0.15, 0.2) is 78.4 Å². The van der Waals surface area contributed by atoms with Gasteiger partial charge in [-0.1, -0.05) is 12.1 Å². The second-order valence-electron chi connectivity index (χ2n) is 9.19. The molecular weight excluding hydrogens is 537 g/mol. The topological polar surface area (TPSA) is 110 Å². The van der Waals surface area contributed by atoms with Crippen LogP contribution >= 0.6 is 0 Å². The number of alkyl halides is 3. The maximum atomic E-state index is 13.0. The van der Waals surface area contributed by atoms with Crippen LogP contribution in [-0.4, -0.2) is 15.4 Å². The van der Waals surface area contributed by atoms with Crippen LogP contribution < -0.4 is 10.1 Å².